The van der Waals surface area contributed by atoms with Crippen LogP contribution in [0.3, 0.4) is 0 Å². The van der Waals surface area contributed by atoms with Crippen molar-refractivity contribution in [3.8, 4) is 22.8 Å². The van der Waals surface area contributed by atoms with E-state index in [1.807, 2.05) is 19.0 Å². The Labute approximate surface area is 206 Å². The predicted molar refractivity (Wildman–Crippen MR) is 129 cm³/mol. The van der Waals surface area contributed by atoms with Gasteiger partial charge in [0, 0.05) is 36.5 Å². The van der Waals surface area contributed by atoms with Gasteiger partial charge < -0.3 is 29.7 Å². The van der Waals surface area contributed by atoms with Gasteiger partial charge in [0.2, 0.25) is 5.95 Å². The normalized spacial score (nSPS) is 11.2. The zero-order chi connectivity index (χ0) is 26.3. The van der Waals surface area contributed by atoms with Crippen molar-refractivity contribution < 1.29 is 32.2 Å². The summed E-state index contributed by atoms with van der Waals surface area (Å²) in [6.45, 7) is 1.24. The summed E-state index contributed by atoms with van der Waals surface area (Å²) < 4.78 is 52.2. The van der Waals surface area contributed by atoms with Crippen molar-refractivity contribution in [2.24, 2.45) is 0 Å². The van der Waals surface area contributed by atoms with Gasteiger partial charge in [0.15, 0.2) is 0 Å². The quantitative estimate of drug-likeness (QED) is 0.385. The van der Waals surface area contributed by atoms with E-state index < -0.39 is 12.3 Å². The van der Waals surface area contributed by atoms with Crippen molar-refractivity contribution in [3.05, 3.63) is 54.1 Å². The molecular weight excluding hydrogens is 479 g/mol. The molecule has 0 saturated heterocycles. The second kappa shape index (κ2) is 11.6. The van der Waals surface area contributed by atoms with Crippen LogP contribution in [0.25, 0.3) is 11.3 Å². The Morgan fingerprint density at radius 3 is 2.50 bits per heavy atom. The minimum atomic E-state index is -4.81. The van der Waals surface area contributed by atoms with Gasteiger partial charge in [-0.05, 0) is 38.4 Å². The summed E-state index contributed by atoms with van der Waals surface area (Å²) in [5.74, 6) is 0.0244. The number of halogens is 3. The van der Waals surface area contributed by atoms with Crippen LogP contribution in [0.4, 0.5) is 30.6 Å². The minimum absolute atomic E-state index is 0.251. The van der Waals surface area contributed by atoms with Gasteiger partial charge in [-0.15, -0.1) is 13.2 Å². The van der Waals surface area contributed by atoms with E-state index in [2.05, 4.69) is 25.3 Å². The smallest absolute Gasteiger partial charge is 0.496 e. The van der Waals surface area contributed by atoms with Crippen LogP contribution in [0.1, 0.15) is 10.4 Å². The van der Waals surface area contributed by atoms with Crippen molar-refractivity contribution in [2.75, 3.05) is 52.0 Å². The van der Waals surface area contributed by atoms with Crippen LogP contribution in [0.15, 0.2) is 48.5 Å². The third-order valence-corrected chi connectivity index (χ3v) is 4.81. The topological polar surface area (TPSA) is 97.8 Å². The summed E-state index contributed by atoms with van der Waals surface area (Å²) in [5.41, 5.74) is 1.57. The molecule has 192 valence electrons. The van der Waals surface area contributed by atoms with Crippen molar-refractivity contribution in [1.29, 1.82) is 0 Å². The van der Waals surface area contributed by atoms with Crippen LogP contribution in [-0.2, 0) is 4.74 Å². The van der Waals surface area contributed by atoms with Gasteiger partial charge in [-0.1, -0.05) is 12.1 Å². The number of anilines is 3. The molecule has 0 fully saturated rings. The third-order valence-electron chi connectivity index (χ3n) is 4.81. The summed E-state index contributed by atoms with van der Waals surface area (Å²) in [5, 5.41) is 6.24. The highest BCUT2D eigenvalue weighted by Gasteiger charge is 2.31. The third kappa shape index (κ3) is 7.47. The number of nitrogens with zero attached hydrogens (tertiary/aromatic N) is 3. The molecule has 0 saturated carbocycles. The highest BCUT2D eigenvalue weighted by molar-refractivity contribution is 5.93. The van der Waals surface area contributed by atoms with Crippen molar-refractivity contribution in [3.63, 3.8) is 0 Å². The number of hydrogen-bond acceptors (Lipinski definition) is 9. The number of methoxy groups -OCH3 is 2. The van der Waals surface area contributed by atoms with Crippen LogP contribution in [-0.4, -0.2) is 68.6 Å². The van der Waals surface area contributed by atoms with E-state index in [-0.39, 0.29) is 17.3 Å². The van der Waals surface area contributed by atoms with Crippen LogP contribution in [0.5, 0.6) is 11.5 Å². The highest BCUT2D eigenvalue weighted by atomic mass is 19.4. The SMILES string of the molecule is COC(=O)c1ccc(Nc2cc(-c3cccc(OC(F)(F)F)c3)nc(NCCN(C)C)n2)cc1OC. The van der Waals surface area contributed by atoms with Gasteiger partial charge in [0.1, 0.15) is 22.9 Å². The number of rotatable bonds is 10. The van der Waals surface area contributed by atoms with Crippen LogP contribution >= 0.6 is 0 Å². The molecule has 3 rings (SSSR count). The number of hydrogen-bond donors (Lipinski definition) is 2. The fourth-order valence-corrected chi connectivity index (χ4v) is 3.18. The molecule has 0 bridgehead atoms. The van der Waals surface area contributed by atoms with Crippen LogP contribution in [0, 0.1) is 0 Å². The number of ether oxygens (including phenoxy) is 3. The number of esters is 1. The van der Waals surface area contributed by atoms with Gasteiger partial charge in [-0.3, -0.25) is 0 Å². The predicted octanol–water partition coefficient (Wildman–Crippen LogP) is 4.55. The maximum Gasteiger partial charge on any atom is 0.573 e. The number of benzene rings is 2. The Bertz CT molecular complexity index is 1200. The van der Waals surface area contributed by atoms with Gasteiger partial charge >= 0.3 is 12.3 Å². The average molecular weight is 505 g/mol. The second-order valence-electron chi connectivity index (χ2n) is 7.80. The summed E-state index contributed by atoms with van der Waals surface area (Å²) in [4.78, 5) is 22.8. The first-order chi connectivity index (χ1) is 17.1. The molecule has 0 aliphatic carbocycles. The zero-order valence-electron chi connectivity index (χ0n) is 20.1. The van der Waals surface area contributed by atoms with E-state index in [0.29, 0.717) is 41.6 Å². The molecule has 36 heavy (non-hydrogen) atoms. The first kappa shape index (κ1) is 26.5. The fourth-order valence-electron chi connectivity index (χ4n) is 3.18. The summed E-state index contributed by atoms with van der Waals surface area (Å²) >= 11 is 0. The molecule has 0 radical (unpaired) electrons. The van der Waals surface area contributed by atoms with Crippen LogP contribution < -0.4 is 20.1 Å². The van der Waals surface area contributed by atoms with E-state index in [1.165, 1.54) is 32.4 Å². The Kier molecular flexibility index (Phi) is 8.54. The number of carbonyl (C=O) groups is 1. The zero-order valence-corrected chi connectivity index (χ0v) is 20.1. The molecule has 0 amide bonds. The highest BCUT2D eigenvalue weighted by Crippen LogP contribution is 2.30. The summed E-state index contributed by atoms with van der Waals surface area (Å²) in [7, 11) is 6.54. The van der Waals surface area contributed by atoms with Gasteiger partial charge in [0.05, 0.1) is 19.9 Å². The van der Waals surface area contributed by atoms with Gasteiger partial charge in [-0.2, -0.15) is 4.98 Å². The molecule has 2 N–H and O–H groups in total. The molecule has 2 aromatic carbocycles. The number of carbonyl (C=O) groups excluding carboxylic acids is 1. The average Bonchev–Trinajstić information content (AvgIpc) is 2.82. The van der Waals surface area contributed by atoms with E-state index in [4.69, 9.17) is 9.47 Å². The summed E-state index contributed by atoms with van der Waals surface area (Å²) in [6, 6.07) is 11.9. The molecule has 0 aliphatic rings. The van der Waals surface area contributed by atoms with E-state index in [0.717, 1.165) is 0 Å². The molecule has 0 aliphatic heterocycles. The molecule has 0 unspecified atom stereocenters. The van der Waals surface area contributed by atoms with E-state index in [9.17, 15) is 18.0 Å². The largest absolute Gasteiger partial charge is 0.573 e. The molecular formula is C24H26F3N5O4. The number of alkyl halides is 3. The molecule has 0 atom stereocenters. The molecule has 9 nitrogen and oxygen atoms in total. The lowest BCUT2D eigenvalue weighted by molar-refractivity contribution is -0.274. The Balaban J connectivity index is 1.96. The maximum absolute atomic E-state index is 12.7. The van der Waals surface area contributed by atoms with Crippen LogP contribution in [0.2, 0.25) is 0 Å². The Hall–Kier alpha value is -4.06. The van der Waals surface area contributed by atoms with Crippen molar-refractivity contribution in [2.45, 2.75) is 6.36 Å². The summed E-state index contributed by atoms with van der Waals surface area (Å²) in [6.07, 6.45) is -4.81. The number of aromatic nitrogens is 2. The van der Waals surface area contributed by atoms with Crippen molar-refractivity contribution in [1.82, 2.24) is 14.9 Å². The lowest BCUT2D eigenvalue weighted by Crippen LogP contribution is -2.21. The molecule has 12 heteroatoms. The lowest BCUT2D eigenvalue weighted by Gasteiger charge is -2.15. The van der Waals surface area contributed by atoms with Crippen molar-refractivity contribution >= 4 is 23.4 Å². The molecule has 1 heterocycles. The first-order valence-electron chi connectivity index (χ1n) is 10.7. The standard InChI is InChI=1S/C24H26F3N5O4/c1-32(2)11-10-28-23-30-19(15-6-5-7-17(12-15)36-24(25,26)27)14-21(31-23)29-16-8-9-18(22(33)35-4)20(13-16)34-3/h5-9,12-14H,10-11H2,1-4H3,(H2,28,29,30,31). The lowest BCUT2D eigenvalue weighted by atomic mass is 10.1. The minimum Gasteiger partial charge on any atom is -0.496 e. The molecule has 1 aromatic heterocycles. The van der Waals surface area contributed by atoms with Gasteiger partial charge in [-0.25, -0.2) is 9.78 Å². The maximum atomic E-state index is 12.7. The first-order valence-corrected chi connectivity index (χ1v) is 10.7. The number of likely N-dealkylation sites (N-methyl/N-ethyl adjacent to an activating group) is 1. The van der Waals surface area contributed by atoms with E-state index in [1.54, 1.807) is 30.3 Å². The second-order valence-corrected chi connectivity index (χ2v) is 7.80. The molecule has 3 aromatic rings. The Morgan fingerprint density at radius 2 is 1.83 bits per heavy atom. The van der Waals surface area contributed by atoms with Gasteiger partial charge in [0.25, 0.3) is 0 Å². The number of nitrogens with one attached hydrogen (secondary N) is 2. The monoisotopic (exact) mass is 505 g/mol. The molecule has 0 spiro atoms. The fraction of sp³-hybridized carbons (Fsp3) is 0.292. The van der Waals surface area contributed by atoms with E-state index >= 15 is 0 Å². The Morgan fingerprint density at radius 1 is 1.06 bits per heavy atom.